The smallest absolute Gasteiger partial charge is 0.303 e. The fraction of sp³-hybridized carbons (Fsp3) is 0.867. The van der Waals surface area contributed by atoms with Gasteiger partial charge in [-0.2, -0.15) is 0 Å². The Balaban J connectivity index is 3.10. The van der Waals surface area contributed by atoms with Crippen LogP contribution < -0.4 is 5.32 Å². The maximum absolute atomic E-state index is 11.2. The van der Waals surface area contributed by atoms with E-state index in [4.69, 9.17) is 24.1 Å². The maximum atomic E-state index is 11.2. The summed E-state index contributed by atoms with van der Waals surface area (Å²) in [4.78, 5) is 21.5. The lowest BCUT2D eigenvalue weighted by Crippen LogP contribution is -2.25. The van der Waals surface area contributed by atoms with Crippen LogP contribution in [0.1, 0.15) is 26.2 Å². The molecule has 136 valence electrons. The van der Waals surface area contributed by atoms with Crippen LogP contribution in [0, 0.1) is 0 Å². The molecule has 0 saturated carbocycles. The molecule has 0 radical (unpaired) electrons. The summed E-state index contributed by atoms with van der Waals surface area (Å²) in [5.74, 6) is -1.22. The first kappa shape index (κ1) is 21.8. The number of hydrogen-bond donors (Lipinski definition) is 2. The van der Waals surface area contributed by atoms with E-state index >= 15 is 0 Å². The van der Waals surface area contributed by atoms with Crippen molar-refractivity contribution in [2.75, 3.05) is 59.4 Å². The van der Waals surface area contributed by atoms with Gasteiger partial charge >= 0.3 is 5.97 Å². The molecule has 0 saturated heterocycles. The van der Waals surface area contributed by atoms with Gasteiger partial charge in [0, 0.05) is 26.2 Å². The number of carboxylic acids is 1. The fourth-order valence-electron chi connectivity index (χ4n) is 1.51. The van der Waals surface area contributed by atoms with E-state index in [-0.39, 0.29) is 18.7 Å². The molecule has 8 nitrogen and oxygen atoms in total. The van der Waals surface area contributed by atoms with Gasteiger partial charge in [-0.05, 0) is 13.3 Å². The molecule has 0 heterocycles. The molecule has 0 aliphatic carbocycles. The zero-order valence-corrected chi connectivity index (χ0v) is 13.9. The molecule has 0 aliphatic rings. The molecule has 0 unspecified atom stereocenters. The first-order valence-corrected chi connectivity index (χ1v) is 7.96. The van der Waals surface area contributed by atoms with E-state index in [1.165, 1.54) is 0 Å². The first-order valence-electron chi connectivity index (χ1n) is 7.96. The molecule has 0 bridgehead atoms. The molecule has 0 atom stereocenters. The Morgan fingerprint density at radius 3 is 1.87 bits per heavy atom. The minimum atomic E-state index is -0.969. The summed E-state index contributed by atoms with van der Waals surface area (Å²) in [6.07, 6.45) is 0.547. The van der Waals surface area contributed by atoms with Crippen molar-refractivity contribution in [3.63, 3.8) is 0 Å². The molecule has 0 aromatic carbocycles. The minimum absolute atomic E-state index is 0.0106. The third-order valence-electron chi connectivity index (χ3n) is 2.67. The largest absolute Gasteiger partial charge is 0.481 e. The van der Waals surface area contributed by atoms with Crippen LogP contribution in [0.15, 0.2) is 0 Å². The van der Waals surface area contributed by atoms with Crippen LogP contribution in [-0.4, -0.2) is 76.4 Å². The van der Waals surface area contributed by atoms with Crippen molar-refractivity contribution in [2.45, 2.75) is 26.2 Å². The normalized spacial score (nSPS) is 10.7. The van der Waals surface area contributed by atoms with Gasteiger partial charge in [0.2, 0.25) is 5.91 Å². The average Bonchev–Trinajstić information content (AvgIpc) is 2.53. The van der Waals surface area contributed by atoms with E-state index in [0.29, 0.717) is 65.8 Å². The summed E-state index contributed by atoms with van der Waals surface area (Å²) < 4.78 is 21.1. The zero-order chi connectivity index (χ0) is 17.2. The highest BCUT2D eigenvalue weighted by atomic mass is 16.6. The second-order valence-electron chi connectivity index (χ2n) is 4.63. The summed E-state index contributed by atoms with van der Waals surface area (Å²) in [6, 6.07) is 0. The topological polar surface area (TPSA) is 103 Å². The molecule has 0 aromatic heterocycles. The Bertz CT molecular complexity index is 300. The summed E-state index contributed by atoms with van der Waals surface area (Å²) in [5, 5.41) is 11.1. The Labute approximate surface area is 137 Å². The van der Waals surface area contributed by atoms with Crippen molar-refractivity contribution < 1.29 is 33.6 Å². The van der Waals surface area contributed by atoms with Crippen molar-refractivity contribution >= 4 is 11.9 Å². The summed E-state index contributed by atoms with van der Waals surface area (Å²) in [7, 11) is 0. The molecule has 23 heavy (non-hydrogen) atoms. The third kappa shape index (κ3) is 18.7. The van der Waals surface area contributed by atoms with E-state index in [9.17, 15) is 9.59 Å². The summed E-state index contributed by atoms with van der Waals surface area (Å²) >= 11 is 0. The molecule has 0 rings (SSSR count). The molecule has 0 aliphatic heterocycles. The second-order valence-corrected chi connectivity index (χ2v) is 4.63. The predicted octanol–water partition coefficient (Wildman–Crippen LogP) is 0.444. The fourth-order valence-corrected chi connectivity index (χ4v) is 1.51. The van der Waals surface area contributed by atoms with E-state index in [1.54, 1.807) is 0 Å². The number of amides is 1. The minimum Gasteiger partial charge on any atom is -0.481 e. The van der Waals surface area contributed by atoms with Crippen LogP contribution in [0.2, 0.25) is 0 Å². The molecule has 0 aromatic rings. The Hall–Kier alpha value is -1.22. The summed E-state index contributed by atoms with van der Waals surface area (Å²) in [5.41, 5.74) is 0. The van der Waals surface area contributed by atoms with Gasteiger partial charge in [0.15, 0.2) is 0 Å². The molecule has 0 fully saturated rings. The van der Waals surface area contributed by atoms with Crippen LogP contribution in [0.5, 0.6) is 0 Å². The SMILES string of the molecule is CCOCCOCCOCCOCCCNC(=O)CCC(=O)O. The van der Waals surface area contributed by atoms with E-state index in [2.05, 4.69) is 5.32 Å². The van der Waals surface area contributed by atoms with Gasteiger partial charge in [-0.15, -0.1) is 0 Å². The van der Waals surface area contributed by atoms with Gasteiger partial charge in [0.05, 0.1) is 46.1 Å². The van der Waals surface area contributed by atoms with Gasteiger partial charge in [0.25, 0.3) is 0 Å². The Kier molecular flexibility index (Phi) is 16.2. The van der Waals surface area contributed by atoms with E-state index in [1.807, 2.05) is 6.92 Å². The van der Waals surface area contributed by atoms with Crippen LogP contribution >= 0.6 is 0 Å². The Morgan fingerprint density at radius 1 is 0.826 bits per heavy atom. The molecular weight excluding hydrogens is 306 g/mol. The lowest BCUT2D eigenvalue weighted by atomic mass is 10.3. The van der Waals surface area contributed by atoms with Crippen molar-refractivity contribution in [2.24, 2.45) is 0 Å². The maximum Gasteiger partial charge on any atom is 0.303 e. The quantitative estimate of drug-likeness (QED) is 0.372. The monoisotopic (exact) mass is 335 g/mol. The highest BCUT2D eigenvalue weighted by Crippen LogP contribution is 1.89. The highest BCUT2D eigenvalue weighted by molar-refractivity contribution is 5.80. The van der Waals surface area contributed by atoms with Crippen molar-refractivity contribution in [1.29, 1.82) is 0 Å². The van der Waals surface area contributed by atoms with Gasteiger partial charge in [-0.1, -0.05) is 0 Å². The van der Waals surface area contributed by atoms with Gasteiger partial charge in [-0.3, -0.25) is 9.59 Å². The number of carbonyl (C=O) groups excluding carboxylic acids is 1. The molecule has 8 heteroatoms. The number of carboxylic acid groups (broad SMARTS) is 1. The molecule has 1 amide bonds. The number of ether oxygens (including phenoxy) is 4. The van der Waals surface area contributed by atoms with Crippen LogP contribution in [0.4, 0.5) is 0 Å². The lowest BCUT2D eigenvalue weighted by Gasteiger charge is -2.07. The van der Waals surface area contributed by atoms with Gasteiger partial charge in [-0.25, -0.2) is 0 Å². The zero-order valence-electron chi connectivity index (χ0n) is 13.9. The number of hydrogen-bond acceptors (Lipinski definition) is 6. The van der Waals surface area contributed by atoms with Crippen LogP contribution in [-0.2, 0) is 28.5 Å². The second kappa shape index (κ2) is 17.1. The van der Waals surface area contributed by atoms with Crippen molar-refractivity contribution in [3.05, 3.63) is 0 Å². The molecular formula is C15H29NO7. The van der Waals surface area contributed by atoms with Crippen LogP contribution in [0.3, 0.4) is 0 Å². The number of carbonyl (C=O) groups is 2. The van der Waals surface area contributed by atoms with E-state index in [0.717, 1.165) is 0 Å². The van der Waals surface area contributed by atoms with Gasteiger partial charge < -0.3 is 29.4 Å². The lowest BCUT2D eigenvalue weighted by molar-refractivity contribution is -0.138. The van der Waals surface area contributed by atoms with Gasteiger partial charge in [0.1, 0.15) is 0 Å². The standard InChI is InChI=1S/C15H29NO7/c1-2-20-8-9-22-12-13-23-11-10-21-7-3-6-16-14(17)4-5-15(18)19/h2-13H2,1H3,(H,16,17)(H,18,19). The summed E-state index contributed by atoms with van der Waals surface area (Å²) in [6.45, 7) is 6.87. The van der Waals surface area contributed by atoms with E-state index < -0.39 is 5.97 Å². The number of aliphatic carboxylic acids is 1. The first-order chi connectivity index (χ1) is 11.2. The third-order valence-corrected chi connectivity index (χ3v) is 2.67. The average molecular weight is 335 g/mol. The van der Waals surface area contributed by atoms with Crippen molar-refractivity contribution in [1.82, 2.24) is 5.32 Å². The predicted molar refractivity (Wildman–Crippen MR) is 83.4 cm³/mol. The van der Waals surface area contributed by atoms with Crippen molar-refractivity contribution in [3.8, 4) is 0 Å². The highest BCUT2D eigenvalue weighted by Gasteiger charge is 2.03. The number of rotatable bonds is 17. The number of nitrogens with one attached hydrogen (secondary N) is 1. The Morgan fingerprint density at radius 2 is 1.35 bits per heavy atom. The molecule has 0 spiro atoms. The molecule has 2 N–H and O–H groups in total. The van der Waals surface area contributed by atoms with Crippen LogP contribution in [0.25, 0.3) is 0 Å².